The molecule has 0 aromatic heterocycles. The van der Waals surface area contributed by atoms with Crippen molar-refractivity contribution in [3.8, 4) is 0 Å². The molecule has 2 saturated heterocycles. The van der Waals surface area contributed by atoms with Crippen molar-refractivity contribution >= 4 is 11.9 Å². The van der Waals surface area contributed by atoms with Gasteiger partial charge in [-0.1, -0.05) is 12.1 Å². The minimum Gasteiger partial charge on any atom is -0.481 e. The predicted molar refractivity (Wildman–Crippen MR) is 103 cm³/mol. The number of hydrogen-bond donors (Lipinski definition) is 1. The summed E-state index contributed by atoms with van der Waals surface area (Å²) in [5.74, 6) is -0.907. The van der Waals surface area contributed by atoms with E-state index in [2.05, 4.69) is 4.90 Å². The van der Waals surface area contributed by atoms with Crippen molar-refractivity contribution < 1.29 is 23.8 Å². The van der Waals surface area contributed by atoms with Gasteiger partial charge in [0.05, 0.1) is 19.6 Å². The summed E-state index contributed by atoms with van der Waals surface area (Å²) in [5.41, 5.74) is 1.34. The van der Waals surface area contributed by atoms with E-state index in [0.29, 0.717) is 44.3 Å². The third kappa shape index (κ3) is 5.29. The monoisotopic (exact) mass is 392 g/mol. The number of hydrogen-bond acceptors (Lipinski definition) is 4. The van der Waals surface area contributed by atoms with E-state index in [1.54, 1.807) is 19.1 Å². The maximum absolute atomic E-state index is 13.5. The molecule has 0 radical (unpaired) electrons. The maximum atomic E-state index is 13.5. The number of piperidine rings is 1. The van der Waals surface area contributed by atoms with Gasteiger partial charge in [0.1, 0.15) is 5.82 Å². The molecule has 1 amide bonds. The highest BCUT2D eigenvalue weighted by Gasteiger charge is 2.35. The molecule has 28 heavy (non-hydrogen) atoms. The van der Waals surface area contributed by atoms with Crippen LogP contribution in [0, 0.1) is 18.7 Å². The van der Waals surface area contributed by atoms with E-state index in [-0.39, 0.29) is 30.5 Å². The Morgan fingerprint density at radius 1 is 1.25 bits per heavy atom. The molecular formula is C21H29FN2O4. The molecule has 1 aromatic carbocycles. The summed E-state index contributed by atoms with van der Waals surface area (Å²) in [5, 5.41) is 9.11. The van der Waals surface area contributed by atoms with Crippen LogP contribution in [0.25, 0.3) is 0 Å². The van der Waals surface area contributed by atoms with Crippen LogP contribution in [0.5, 0.6) is 0 Å². The molecule has 2 aliphatic rings. The lowest BCUT2D eigenvalue weighted by molar-refractivity contribution is -0.138. The van der Waals surface area contributed by atoms with Gasteiger partial charge in [0.25, 0.3) is 0 Å². The fourth-order valence-corrected chi connectivity index (χ4v) is 4.33. The van der Waals surface area contributed by atoms with Crippen LogP contribution >= 0.6 is 0 Å². The predicted octanol–water partition coefficient (Wildman–Crippen LogP) is 2.09. The van der Waals surface area contributed by atoms with Crippen LogP contribution in [0.1, 0.15) is 30.4 Å². The molecule has 2 heterocycles. The van der Waals surface area contributed by atoms with Gasteiger partial charge in [0.2, 0.25) is 5.91 Å². The lowest BCUT2D eigenvalue weighted by Crippen LogP contribution is -2.55. The number of carbonyl (C=O) groups excluding carboxylic acids is 1. The second-order valence-electron chi connectivity index (χ2n) is 7.80. The molecule has 0 bridgehead atoms. The number of morpholine rings is 1. The number of rotatable bonds is 6. The minimum atomic E-state index is -0.800. The van der Waals surface area contributed by atoms with Gasteiger partial charge in [-0.25, -0.2) is 4.39 Å². The van der Waals surface area contributed by atoms with E-state index in [9.17, 15) is 14.0 Å². The van der Waals surface area contributed by atoms with Gasteiger partial charge in [-0.15, -0.1) is 0 Å². The van der Waals surface area contributed by atoms with Gasteiger partial charge in [-0.3, -0.25) is 14.5 Å². The van der Waals surface area contributed by atoms with Crippen LogP contribution in [0.4, 0.5) is 4.39 Å². The summed E-state index contributed by atoms with van der Waals surface area (Å²) < 4.78 is 18.9. The van der Waals surface area contributed by atoms with Gasteiger partial charge in [-0.05, 0) is 42.9 Å². The first-order valence-corrected chi connectivity index (χ1v) is 10.0. The molecule has 2 aliphatic heterocycles. The van der Waals surface area contributed by atoms with Gasteiger partial charge >= 0.3 is 5.97 Å². The minimum absolute atomic E-state index is 0.0201. The Morgan fingerprint density at radius 3 is 2.68 bits per heavy atom. The first kappa shape index (κ1) is 20.7. The number of carbonyl (C=O) groups is 2. The molecule has 7 heteroatoms. The zero-order chi connectivity index (χ0) is 20.1. The van der Waals surface area contributed by atoms with Crippen molar-refractivity contribution in [2.75, 3.05) is 39.4 Å². The molecule has 0 spiro atoms. The third-order valence-electron chi connectivity index (χ3n) is 5.87. The van der Waals surface area contributed by atoms with Crippen LogP contribution in [-0.2, 0) is 20.7 Å². The number of ether oxygens (including phenoxy) is 1. The maximum Gasteiger partial charge on any atom is 0.303 e. The average molecular weight is 392 g/mol. The third-order valence-corrected chi connectivity index (χ3v) is 5.87. The number of nitrogens with zero attached hydrogens (tertiary/aromatic N) is 2. The summed E-state index contributed by atoms with van der Waals surface area (Å²) in [6.45, 7) is 6.06. The normalized spacial score (nSPS) is 23.6. The van der Waals surface area contributed by atoms with Gasteiger partial charge in [-0.2, -0.15) is 0 Å². The lowest BCUT2D eigenvalue weighted by Gasteiger charge is -2.45. The summed E-state index contributed by atoms with van der Waals surface area (Å²) in [6, 6.07) is 5.07. The number of halogens is 1. The first-order chi connectivity index (χ1) is 13.4. The van der Waals surface area contributed by atoms with Crippen LogP contribution < -0.4 is 0 Å². The standard InChI is InChI=1S/C21H29FN2O4/c1-15-12-16(2-4-18(15)22)13-20(25)24-7-6-19(23-8-10-28-11-9-23)17(14-24)3-5-21(26)27/h2,4,12,17,19H,3,5-11,13-14H2,1H3,(H,26,27)/t17-,19+/m1/s1. The number of amides is 1. The average Bonchev–Trinajstić information content (AvgIpc) is 2.69. The second kappa shape index (κ2) is 9.47. The second-order valence-corrected chi connectivity index (χ2v) is 7.80. The van der Waals surface area contributed by atoms with Crippen LogP contribution in [-0.4, -0.2) is 72.2 Å². The molecule has 0 unspecified atom stereocenters. The highest BCUT2D eigenvalue weighted by atomic mass is 19.1. The number of aryl methyl sites for hydroxylation is 1. The van der Waals surface area contributed by atoms with E-state index in [1.807, 2.05) is 4.90 Å². The Kier molecular flexibility index (Phi) is 7.02. The fraction of sp³-hybridized carbons (Fsp3) is 0.619. The molecule has 2 fully saturated rings. The van der Waals surface area contributed by atoms with E-state index < -0.39 is 5.97 Å². The molecule has 6 nitrogen and oxygen atoms in total. The quantitative estimate of drug-likeness (QED) is 0.803. The Bertz CT molecular complexity index is 706. The van der Waals surface area contributed by atoms with Crippen molar-refractivity contribution in [1.82, 2.24) is 9.80 Å². The molecular weight excluding hydrogens is 363 g/mol. The lowest BCUT2D eigenvalue weighted by atomic mass is 9.86. The molecule has 1 aromatic rings. The zero-order valence-electron chi connectivity index (χ0n) is 16.4. The summed E-state index contributed by atoms with van der Waals surface area (Å²) in [7, 11) is 0. The van der Waals surface area contributed by atoms with Gasteiger partial charge in [0, 0.05) is 38.6 Å². The zero-order valence-corrected chi connectivity index (χ0v) is 16.4. The van der Waals surface area contributed by atoms with Crippen LogP contribution in [0.15, 0.2) is 18.2 Å². The Hall–Kier alpha value is -1.99. The summed E-state index contributed by atoms with van der Waals surface area (Å²) >= 11 is 0. The van der Waals surface area contributed by atoms with Crippen molar-refractivity contribution in [2.45, 2.75) is 38.6 Å². The topological polar surface area (TPSA) is 70.1 Å². The van der Waals surface area contributed by atoms with Crippen molar-refractivity contribution in [1.29, 1.82) is 0 Å². The molecule has 0 saturated carbocycles. The smallest absolute Gasteiger partial charge is 0.303 e. The Labute approximate surface area is 165 Å². The number of benzene rings is 1. The first-order valence-electron chi connectivity index (χ1n) is 10.0. The molecule has 1 N–H and O–H groups in total. The summed E-state index contributed by atoms with van der Waals surface area (Å²) in [4.78, 5) is 28.1. The van der Waals surface area contributed by atoms with E-state index in [0.717, 1.165) is 25.1 Å². The van der Waals surface area contributed by atoms with Crippen molar-refractivity contribution in [3.63, 3.8) is 0 Å². The Balaban J connectivity index is 1.64. The van der Waals surface area contributed by atoms with E-state index in [1.165, 1.54) is 6.07 Å². The fourth-order valence-electron chi connectivity index (χ4n) is 4.33. The molecule has 0 aliphatic carbocycles. The van der Waals surface area contributed by atoms with Gasteiger partial charge < -0.3 is 14.7 Å². The molecule has 3 rings (SSSR count). The van der Waals surface area contributed by atoms with Crippen molar-refractivity contribution in [3.05, 3.63) is 35.1 Å². The Morgan fingerprint density at radius 2 is 2.00 bits per heavy atom. The van der Waals surface area contributed by atoms with Gasteiger partial charge in [0.15, 0.2) is 0 Å². The van der Waals surface area contributed by atoms with E-state index in [4.69, 9.17) is 9.84 Å². The van der Waals surface area contributed by atoms with Crippen LogP contribution in [0.3, 0.4) is 0 Å². The summed E-state index contributed by atoms with van der Waals surface area (Å²) in [6.07, 6.45) is 1.77. The number of carboxylic acids is 1. The SMILES string of the molecule is Cc1cc(CC(=O)N2CC[C@H](N3CCOCC3)[C@H](CCC(=O)O)C2)ccc1F. The number of likely N-dealkylation sites (tertiary alicyclic amines) is 1. The number of aliphatic carboxylic acids is 1. The largest absolute Gasteiger partial charge is 0.481 e. The molecule has 154 valence electrons. The van der Waals surface area contributed by atoms with E-state index >= 15 is 0 Å². The highest BCUT2D eigenvalue weighted by Crippen LogP contribution is 2.27. The highest BCUT2D eigenvalue weighted by molar-refractivity contribution is 5.79. The molecule has 2 atom stereocenters. The van der Waals surface area contributed by atoms with Crippen LogP contribution in [0.2, 0.25) is 0 Å². The number of carboxylic acid groups (broad SMARTS) is 1. The van der Waals surface area contributed by atoms with Crippen molar-refractivity contribution in [2.24, 2.45) is 5.92 Å².